The normalized spacial score (nSPS) is 14.2. The third-order valence-electron chi connectivity index (χ3n) is 4.62. The summed E-state index contributed by atoms with van der Waals surface area (Å²) < 4.78 is 1.60. The van der Waals surface area contributed by atoms with E-state index in [1.165, 1.54) is 0 Å². The molecule has 1 aliphatic heterocycles. The summed E-state index contributed by atoms with van der Waals surface area (Å²) in [6, 6.07) is 9.51. The van der Waals surface area contributed by atoms with E-state index in [4.69, 9.17) is 0 Å². The highest BCUT2D eigenvalue weighted by Gasteiger charge is 2.21. The molecule has 2 heterocycles. The molecule has 1 aromatic carbocycles. The van der Waals surface area contributed by atoms with Gasteiger partial charge in [0.1, 0.15) is 0 Å². The van der Waals surface area contributed by atoms with Crippen molar-refractivity contribution in [3.8, 4) is 0 Å². The van der Waals surface area contributed by atoms with Gasteiger partial charge >= 0.3 is 0 Å². The zero-order valence-corrected chi connectivity index (χ0v) is 16.8. The first kappa shape index (κ1) is 21.8. The third-order valence-corrected chi connectivity index (χ3v) is 4.62. The fourth-order valence-electron chi connectivity index (χ4n) is 3.11. The van der Waals surface area contributed by atoms with Gasteiger partial charge in [-0.2, -0.15) is 10.1 Å². The monoisotopic (exact) mass is 406 g/mol. The molecule has 8 nitrogen and oxygen atoms in total. The van der Waals surface area contributed by atoms with Crippen LogP contribution in [0.5, 0.6) is 0 Å². The third kappa shape index (κ3) is 6.31. The van der Waals surface area contributed by atoms with Gasteiger partial charge in [-0.1, -0.05) is 30.3 Å². The maximum Gasteiger partial charge on any atom is 0.228 e. The summed E-state index contributed by atoms with van der Waals surface area (Å²) in [6.07, 6.45) is 2.51. The molecule has 152 valence electrons. The summed E-state index contributed by atoms with van der Waals surface area (Å²) in [7, 11) is 1.77. The summed E-state index contributed by atoms with van der Waals surface area (Å²) >= 11 is 0. The van der Waals surface area contributed by atoms with Gasteiger partial charge in [-0.3, -0.25) is 14.9 Å². The standard InChI is InChI=1S/C19H26N6O2.ClH/c1-25-19(23-18(24-25)15-7-10-20-11-8-15)22-16(26)9-12-21-17(27)13-14-5-3-2-4-6-14;/h2-6,15,20H,7-13H2,1H3,(H,21,27)(H,22,23,24,26);1H. The number of aryl methyl sites for hydroxylation is 1. The molecule has 0 spiro atoms. The van der Waals surface area contributed by atoms with Gasteiger partial charge in [0, 0.05) is 25.9 Å². The quantitative estimate of drug-likeness (QED) is 0.645. The van der Waals surface area contributed by atoms with E-state index in [9.17, 15) is 9.59 Å². The van der Waals surface area contributed by atoms with Gasteiger partial charge in [-0.15, -0.1) is 12.4 Å². The Kier molecular flexibility index (Phi) is 8.41. The van der Waals surface area contributed by atoms with E-state index in [0.717, 1.165) is 37.3 Å². The second-order valence-corrected chi connectivity index (χ2v) is 6.75. The van der Waals surface area contributed by atoms with E-state index in [1.54, 1.807) is 11.7 Å². The Morgan fingerprint density at radius 3 is 2.61 bits per heavy atom. The van der Waals surface area contributed by atoms with Gasteiger partial charge in [0.15, 0.2) is 5.82 Å². The lowest BCUT2D eigenvalue weighted by atomic mass is 9.98. The first-order valence-electron chi connectivity index (χ1n) is 9.34. The SMILES string of the molecule is Cl.Cn1nc(C2CCNCC2)nc1NC(=O)CCNC(=O)Cc1ccccc1. The second kappa shape index (κ2) is 10.8. The number of anilines is 1. The van der Waals surface area contributed by atoms with Crippen LogP contribution in [0.4, 0.5) is 5.95 Å². The van der Waals surface area contributed by atoms with Crippen LogP contribution in [0.15, 0.2) is 30.3 Å². The Labute approximate surface area is 170 Å². The average molecular weight is 407 g/mol. The van der Waals surface area contributed by atoms with E-state index in [0.29, 0.717) is 18.3 Å². The van der Waals surface area contributed by atoms with E-state index < -0.39 is 0 Å². The number of hydrogen-bond donors (Lipinski definition) is 3. The summed E-state index contributed by atoms with van der Waals surface area (Å²) in [6.45, 7) is 2.22. The maximum atomic E-state index is 12.1. The van der Waals surface area contributed by atoms with Gasteiger partial charge in [0.2, 0.25) is 17.8 Å². The molecule has 3 N–H and O–H groups in total. The van der Waals surface area contributed by atoms with Gasteiger partial charge in [0.25, 0.3) is 0 Å². The van der Waals surface area contributed by atoms with Crippen LogP contribution < -0.4 is 16.0 Å². The predicted octanol–water partition coefficient (Wildman–Crippen LogP) is 1.39. The smallest absolute Gasteiger partial charge is 0.228 e. The van der Waals surface area contributed by atoms with Crippen LogP contribution in [0.1, 0.15) is 36.6 Å². The molecule has 1 fully saturated rings. The van der Waals surface area contributed by atoms with Crippen LogP contribution in [0.25, 0.3) is 0 Å². The van der Waals surface area contributed by atoms with E-state index in [2.05, 4.69) is 26.0 Å². The van der Waals surface area contributed by atoms with Crippen LogP contribution >= 0.6 is 12.4 Å². The Morgan fingerprint density at radius 2 is 1.89 bits per heavy atom. The molecule has 3 rings (SSSR count). The molecule has 0 bridgehead atoms. The van der Waals surface area contributed by atoms with Crippen molar-refractivity contribution in [2.24, 2.45) is 7.05 Å². The molecule has 2 aromatic rings. The predicted molar refractivity (Wildman–Crippen MR) is 109 cm³/mol. The molecule has 0 radical (unpaired) electrons. The molecule has 9 heteroatoms. The van der Waals surface area contributed by atoms with E-state index >= 15 is 0 Å². The largest absolute Gasteiger partial charge is 0.355 e. The zero-order valence-electron chi connectivity index (χ0n) is 16.0. The minimum Gasteiger partial charge on any atom is -0.355 e. The van der Waals surface area contributed by atoms with Crippen molar-refractivity contribution in [2.45, 2.75) is 31.6 Å². The lowest BCUT2D eigenvalue weighted by Crippen LogP contribution is -2.29. The number of benzene rings is 1. The topological polar surface area (TPSA) is 101 Å². The zero-order chi connectivity index (χ0) is 19.1. The molecular weight excluding hydrogens is 380 g/mol. The van der Waals surface area contributed by atoms with Crippen LogP contribution in [0.2, 0.25) is 0 Å². The molecule has 0 atom stereocenters. The number of hydrogen-bond acceptors (Lipinski definition) is 5. The van der Waals surface area contributed by atoms with Gasteiger partial charge in [-0.05, 0) is 31.5 Å². The highest BCUT2D eigenvalue weighted by molar-refractivity contribution is 5.89. The van der Waals surface area contributed by atoms with Crippen LogP contribution in [-0.2, 0) is 23.1 Å². The first-order chi connectivity index (χ1) is 13.1. The summed E-state index contributed by atoms with van der Waals surface area (Å²) in [5.74, 6) is 1.28. The van der Waals surface area contributed by atoms with Crippen molar-refractivity contribution in [1.29, 1.82) is 0 Å². The van der Waals surface area contributed by atoms with Gasteiger partial charge < -0.3 is 10.6 Å². The summed E-state index contributed by atoms with van der Waals surface area (Å²) in [4.78, 5) is 28.5. The highest BCUT2D eigenvalue weighted by Crippen LogP contribution is 2.23. The van der Waals surface area contributed by atoms with E-state index in [-0.39, 0.29) is 37.2 Å². The molecule has 0 unspecified atom stereocenters. The van der Waals surface area contributed by atoms with Crippen molar-refractivity contribution in [1.82, 2.24) is 25.4 Å². The number of nitrogens with one attached hydrogen (secondary N) is 3. The molecule has 1 aromatic heterocycles. The summed E-state index contributed by atoms with van der Waals surface area (Å²) in [5, 5.41) is 13.3. The maximum absolute atomic E-state index is 12.1. The molecule has 0 saturated carbocycles. The number of piperidine rings is 1. The summed E-state index contributed by atoms with van der Waals surface area (Å²) in [5.41, 5.74) is 0.948. The number of rotatable bonds is 7. The Hall–Kier alpha value is -2.45. The Balaban J connectivity index is 0.00000280. The average Bonchev–Trinajstić information content (AvgIpc) is 3.04. The molecule has 1 saturated heterocycles. The molecule has 28 heavy (non-hydrogen) atoms. The van der Waals surface area contributed by atoms with Crippen LogP contribution in [0.3, 0.4) is 0 Å². The van der Waals surface area contributed by atoms with Crippen molar-refractivity contribution >= 4 is 30.2 Å². The van der Waals surface area contributed by atoms with Gasteiger partial charge in [-0.25, -0.2) is 4.68 Å². The molecular formula is C19H27ClN6O2. The van der Waals surface area contributed by atoms with Crippen molar-refractivity contribution in [2.75, 3.05) is 25.0 Å². The van der Waals surface area contributed by atoms with Gasteiger partial charge in [0.05, 0.1) is 6.42 Å². The highest BCUT2D eigenvalue weighted by atomic mass is 35.5. The lowest BCUT2D eigenvalue weighted by molar-refractivity contribution is -0.120. The van der Waals surface area contributed by atoms with Crippen LogP contribution in [0, 0.1) is 0 Å². The first-order valence-corrected chi connectivity index (χ1v) is 9.34. The lowest BCUT2D eigenvalue weighted by Gasteiger charge is -2.19. The number of nitrogens with zero attached hydrogens (tertiary/aromatic N) is 3. The Bertz CT molecular complexity index is 774. The van der Waals surface area contributed by atoms with Crippen molar-refractivity contribution < 1.29 is 9.59 Å². The number of carbonyl (C=O) groups is 2. The Morgan fingerprint density at radius 1 is 1.18 bits per heavy atom. The number of halogens is 1. The van der Waals surface area contributed by atoms with E-state index in [1.807, 2.05) is 30.3 Å². The number of carbonyl (C=O) groups excluding carboxylic acids is 2. The minimum absolute atomic E-state index is 0. The molecule has 1 aliphatic rings. The van der Waals surface area contributed by atoms with Crippen molar-refractivity contribution in [3.63, 3.8) is 0 Å². The van der Waals surface area contributed by atoms with Crippen LogP contribution in [-0.4, -0.2) is 46.2 Å². The minimum atomic E-state index is -0.192. The molecule has 0 aliphatic carbocycles. The molecule has 2 amide bonds. The fourth-order valence-corrected chi connectivity index (χ4v) is 3.11. The second-order valence-electron chi connectivity index (χ2n) is 6.75. The number of aromatic nitrogens is 3. The van der Waals surface area contributed by atoms with Crippen molar-refractivity contribution in [3.05, 3.63) is 41.7 Å². The number of amides is 2. The fraction of sp³-hybridized carbons (Fsp3) is 0.474.